The number of benzene rings is 1. The minimum absolute atomic E-state index is 0.216. The van der Waals surface area contributed by atoms with Gasteiger partial charge in [-0.3, -0.25) is 0 Å². The Morgan fingerprint density at radius 1 is 1.28 bits per heavy atom. The smallest absolute Gasteiger partial charge is 0.147 e. The Hall–Kier alpha value is -1.81. The lowest BCUT2D eigenvalue weighted by molar-refractivity contribution is 0.198. The third-order valence-electron chi connectivity index (χ3n) is 3.38. The molecule has 1 fully saturated rings. The molecule has 2 aromatic rings. The maximum absolute atomic E-state index is 9.58. The zero-order chi connectivity index (χ0) is 12.5. The van der Waals surface area contributed by atoms with Crippen LogP contribution in [0.4, 0.5) is 5.82 Å². The number of aryl methyl sites for hydroxylation is 1. The first-order valence-corrected chi connectivity index (χ1v) is 6.26. The molecule has 1 aliphatic rings. The van der Waals surface area contributed by atoms with Gasteiger partial charge in [0.1, 0.15) is 11.6 Å². The molecule has 0 aliphatic carbocycles. The number of imidazole rings is 1. The van der Waals surface area contributed by atoms with E-state index in [4.69, 9.17) is 0 Å². The molecule has 1 aliphatic heterocycles. The van der Waals surface area contributed by atoms with Gasteiger partial charge in [-0.1, -0.05) is 30.3 Å². The van der Waals surface area contributed by atoms with Crippen molar-refractivity contribution in [1.82, 2.24) is 9.55 Å². The van der Waals surface area contributed by atoms with Crippen LogP contribution in [0.25, 0.3) is 11.4 Å². The van der Waals surface area contributed by atoms with E-state index >= 15 is 0 Å². The molecule has 0 radical (unpaired) electrons. The fourth-order valence-corrected chi connectivity index (χ4v) is 2.41. The Kier molecular flexibility index (Phi) is 2.80. The fraction of sp³-hybridized carbons (Fsp3) is 0.357. The van der Waals surface area contributed by atoms with E-state index in [2.05, 4.69) is 22.0 Å². The minimum Gasteiger partial charge on any atom is -0.391 e. The summed E-state index contributed by atoms with van der Waals surface area (Å²) < 4.78 is 2.04. The summed E-state index contributed by atoms with van der Waals surface area (Å²) in [6.07, 6.45) is 2.64. The average molecular weight is 243 g/mol. The zero-order valence-corrected chi connectivity index (χ0v) is 10.5. The van der Waals surface area contributed by atoms with Gasteiger partial charge in [0.25, 0.3) is 0 Å². The normalized spacial score (nSPS) is 19.4. The monoisotopic (exact) mass is 243 g/mol. The molecule has 4 nitrogen and oxygen atoms in total. The molecule has 0 amide bonds. The third kappa shape index (κ3) is 1.99. The van der Waals surface area contributed by atoms with Crippen LogP contribution in [-0.2, 0) is 7.05 Å². The van der Waals surface area contributed by atoms with Crippen molar-refractivity contribution in [2.45, 2.75) is 12.5 Å². The van der Waals surface area contributed by atoms with E-state index < -0.39 is 0 Å². The van der Waals surface area contributed by atoms with Crippen LogP contribution in [0.1, 0.15) is 6.42 Å². The molecule has 94 valence electrons. The first kappa shape index (κ1) is 11.3. The quantitative estimate of drug-likeness (QED) is 0.872. The van der Waals surface area contributed by atoms with Crippen LogP contribution >= 0.6 is 0 Å². The van der Waals surface area contributed by atoms with Crippen molar-refractivity contribution in [2.75, 3.05) is 18.0 Å². The standard InChI is InChI=1S/C14H17N3O/c1-16-10-13(17-8-7-12(18)9-17)15-14(16)11-5-3-2-4-6-11/h2-6,10,12,18H,7-9H2,1H3. The van der Waals surface area contributed by atoms with Crippen LogP contribution in [0.3, 0.4) is 0 Å². The molecule has 4 heteroatoms. The topological polar surface area (TPSA) is 41.3 Å². The van der Waals surface area contributed by atoms with Crippen molar-refractivity contribution in [3.8, 4) is 11.4 Å². The van der Waals surface area contributed by atoms with Gasteiger partial charge < -0.3 is 14.6 Å². The lowest BCUT2D eigenvalue weighted by Gasteiger charge is -2.13. The van der Waals surface area contributed by atoms with E-state index in [0.717, 1.165) is 30.2 Å². The summed E-state index contributed by atoms with van der Waals surface area (Å²) in [6.45, 7) is 1.57. The molecule has 0 bridgehead atoms. The molecule has 1 aromatic carbocycles. The second-order valence-electron chi connectivity index (χ2n) is 4.79. The predicted octanol–water partition coefficient (Wildman–Crippen LogP) is 1.66. The van der Waals surface area contributed by atoms with Crippen LogP contribution in [0.15, 0.2) is 36.5 Å². The van der Waals surface area contributed by atoms with Gasteiger partial charge >= 0.3 is 0 Å². The number of rotatable bonds is 2. The molecule has 1 atom stereocenters. The summed E-state index contributed by atoms with van der Waals surface area (Å²) in [5.74, 6) is 1.92. The fourth-order valence-electron chi connectivity index (χ4n) is 2.41. The van der Waals surface area contributed by atoms with Crippen LogP contribution < -0.4 is 4.90 Å². The second-order valence-corrected chi connectivity index (χ2v) is 4.79. The molecule has 1 N–H and O–H groups in total. The number of anilines is 1. The molecule has 0 spiro atoms. The van der Waals surface area contributed by atoms with Crippen molar-refractivity contribution < 1.29 is 5.11 Å². The van der Waals surface area contributed by atoms with Crippen LogP contribution in [0.2, 0.25) is 0 Å². The van der Waals surface area contributed by atoms with Crippen LogP contribution in [0.5, 0.6) is 0 Å². The minimum atomic E-state index is -0.216. The van der Waals surface area contributed by atoms with Gasteiger partial charge in [0.2, 0.25) is 0 Å². The van der Waals surface area contributed by atoms with E-state index in [0.29, 0.717) is 6.54 Å². The van der Waals surface area contributed by atoms with Gasteiger partial charge in [-0.05, 0) is 6.42 Å². The molecular weight excluding hydrogens is 226 g/mol. The Morgan fingerprint density at radius 3 is 2.72 bits per heavy atom. The largest absolute Gasteiger partial charge is 0.391 e. The van der Waals surface area contributed by atoms with E-state index in [1.807, 2.05) is 36.0 Å². The first-order valence-electron chi connectivity index (χ1n) is 6.26. The average Bonchev–Trinajstić information content (AvgIpc) is 2.97. The lowest BCUT2D eigenvalue weighted by atomic mass is 10.2. The number of hydrogen-bond donors (Lipinski definition) is 1. The van der Waals surface area contributed by atoms with Gasteiger partial charge in [-0.15, -0.1) is 0 Å². The maximum Gasteiger partial charge on any atom is 0.147 e. The highest BCUT2D eigenvalue weighted by molar-refractivity contribution is 5.59. The van der Waals surface area contributed by atoms with Gasteiger partial charge in [0.05, 0.1) is 6.10 Å². The highest BCUT2D eigenvalue weighted by Crippen LogP contribution is 2.24. The van der Waals surface area contributed by atoms with E-state index in [-0.39, 0.29) is 6.10 Å². The number of hydrogen-bond acceptors (Lipinski definition) is 3. The van der Waals surface area contributed by atoms with Crippen molar-refractivity contribution in [3.63, 3.8) is 0 Å². The van der Waals surface area contributed by atoms with Gasteiger partial charge in [0.15, 0.2) is 0 Å². The summed E-state index contributed by atoms with van der Waals surface area (Å²) in [6, 6.07) is 10.2. The van der Waals surface area contributed by atoms with Crippen LogP contribution in [0, 0.1) is 0 Å². The highest BCUT2D eigenvalue weighted by Gasteiger charge is 2.22. The van der Waals surface area contributed by atoms with E-state index in [1.54, 1.807) is 0 Å². The van der Waals surface area contributed by atoms with Gasteiger partial charge in [-0.25, -0.2) is 4.98 Å². The molecular formula is C14H17N3O. The first-order chi connectivity index (χ1) is 8.74. The molecule has 3 rings (SSSR count). The van der Waals surface area contributed by atoms with Crippen molar-refractivity contribution >= 4 is 5.82 Å². The number of aliphatic hydroxyl groups is 1. The summed E-state index contributed by atoms with van der Waals surface area (Å²) in [5.41, 5.74) is 1.12. The van der Waals surface area contributed by atoms with Crippen molar-refractivity contribution in [3.05, 3.63) is 36.5 Å². The number of aliphatic hydroxyl groups excluding tert-OH is 1. The Morgan fingerprint density at radius 2 is 2.06 bits per heavy atom. The molecule has 1 saturated heterocycles. The summed E-state index contributed by atoms with van der Waals surface area (Å²) >= 11 is 0. The SMILES string of the molecule is Cn1cc(N2CCC(O)C2)nc1-c1ccccc1. The van der Waals surface area contributed by atoms with Gasteiger partial charge in [-0.2, -0.15) is 0 Å². The van der Waals surface area contributed by atoms with E-state index in [1.165, 1.54) is 0 Å². The molecule has 1 unspecified atom stereocenters. The molecule has 0 saturated carbocycles. The van der Waals surface area contributed by atoms with Crippen molar-refractivity contribution in [1.29, 1.82) is 0 Å². The molecule has 18 heavy (non-hydrogen) atoms. The number of nitrogens with zero attached hydrogens (tertiary/aromatic N) is 3. The Labute approximate surface area is 107 Å². The van der Waals surface area contributed by atoms with Gasteiger partial charge in [0, 0.05) is 31.9 Å². The second kappa shape index (κ2) is 4.46. The predicted molar refractivity (Wildman–Crippen MR) is 71.5 cm³/mol. The maximum atomic E-state index is 9.58. The highest BCUT2D eigenvalue weighted by atomic mass is 16.3. The Balaban J connectivity index is 1.92. The molecule has 2 heterocycles. The van der Waals surface area contributed by atoms with Crippen molar-refractivity contribution in [2.24, 2.45) is 7.05 Å². The molecule has 1 aromatic heterocycles. The number of aromatic nitrogens is 2. The zero-order valence-electron chi connectivity index (χ0n) is 10.5. The summed E-state index contributed by atoms with van der Waals surface area (Å²) in [5, 5.41) is 9.58. The Bertz CT molecular complexity index is 535. The third-order valence-corrected chi connectivity index (χ3v) is 3.38. The lowest BCUT2D eigenvalue weighted by Crippen LogP contribution is -2.21. The van der Waals surface area contributed by atoms with E-state index in [9.17, 15) is 5.11 Å². The summed E-state index contributed by atoms with van der Waals surface area (Å²) in [7, 11) is 2.01. The number of β-amino-alcohol motifs (C(OH)–C–C–N with tert-alkyl or cyclic N) is 1. The summed E-state index contributed by atoms with van der Waals surface area (Å²) in [4.78, 5) is 6.81. The van der Waals surface area contributed by atoms with Crippen LogP contribution in [-0.4, -0.2) is 33.9 Å².